The molecule has 0 aliphatic carbocycles. The van der Waals surface area contributed by atoms with Gasteiger partial charge in [0.1, 0.15) is 11.3 Å². The molecule has 6 nitrogen and oxygen atoms in total. The van der Waals surface area contributed by atoms with Crippen molar-refractivity contribution in [3.05, 3.63) is 74.6 Å². The number of hydrogen-bond donors (Lipinski definition) is 1. The zero-order valence-corrected chi connectivity index (χ0v) is 15.9. The van der Waals surface area contributed by atoms with Crippen molar-refractivity contribution < 1.29 is 19.1 Å². The summed E-state index contributed by atoms with van der Waals surface area (Å²) in [5.74, 6) is -0.176. The molecule has 3 aromatic rings. The van der Waals surface area contributed by atoms with Gasteiger partial charge >= 0.3 is 0 Å². The molecular formula is C21H18ClNO5. The molecule has 1 N–H and O–H groups in total. The maximum atomic E-state index is 13.3. The molecule has 144 valence electrons. The lowest BCUT2D eigenvalue weighted by Crippen LogP contribution is -2.31. The molecular weight excluding hydrogens is 382 g/mol. The summed E-state index contributed by atoms with van der Waals surface area (Å²) in [5, 5.41) is 10.4. The maximum absolute atomic E-state index is 13.3. The average molecular weight is 400 g/mol. The van der Waals surface area contributed by atoms with Crippen molar-refractivity contribution in [3.63, 3.8) is 0 Å². The van der Waals surface area contributed by atoms with Crippen LogP contribution in [0.15, 0.2) is 51.7 Å². The van der Waals surface area contributed by atoms with Crippen molar-refractivity contribution in [1.82, 2.24) is 4.90 Å². The number of phenols is 1. The summed E-state index contributed by atoms with van der Waals surface area (Å²) < 4.78 is 10.9. The first-order valence-corrected chi connectivity index (χ1v) is 9.24. The number of fused-ring (bicyclic) bond motifs is 2. The third kappa shape index (κ3) is 3.04. The van der Waals surface area contributed by atoms with Gasteiger partial charge in [-0.05, 0) is 42.3 Å². The second kappa shape index (κ2) is 7.30. The molecule has 2 heterocycles. The predicted molar refractivity (Wildman–Crippen MR) is 105 cm³/mol. The molecule has 4 rings (SSSR count). The Kier molecular flexibility index (Phi) is 4.83. The van der Waals surface area contributed by atoms with E-state index in [-0.39, 0.29) is 22.8 Å². The Morgan fingerprint density at radius 3 is 2.64 bits per heavy atom. The monoisotopic (exact) mass is 399 g/mol. The summed E-state index contributed by atoms with van der Waals surface area (Å²) in [6.07, 6.45) is 0.615. The molecule has 1 amide bonds. The normalized spacial score (nSPS) is 16.0. The number of ether oxygens (including phenoxy) is 1. The van der Waals surface area contributed by atoms with Gasteiger partial charge in [0.15, 0.2) is 5.43 Å². The van der Waals surface area contributed by atoms with Gasteiger partial charge in [0.2, 0.25) is 5.76 Å². The molecule has 0 saturated heterocycles. The fourth-order valence-electron chi connectivity index (χ4n) is 3.61. The Labute approximate surface area is 165 Å². The van der Waals surface area contributed by atoms with Gasteiger partial charge in [0.05, 0.1) is 17.0 Å². The van der Waals surface area contributed by atoms with Gasteiger partial charge in [-0.2, -0.15) is 0 Å². The first-order chi connectivity index (χ1) is 13.5. The van der Waals surface area contributed by atoms with E-state index in [4.69, 9.17) is 20.8 Å². The SMILES string of the molecule is COCCCN1C(=O)c2oc3ccc(Cl)cc3c(=O)c2C1c1ccc(O)cc1. The molecule has 0 radical (unpaired) electrons. The Balaban J connectivity index is 1.92. The number of hydrogen-bond acceptors (Lipinski definition) is 5. The van der Waals surface area contributed by atoms with Gasteiger partial charge in [0, 0.05) is 25.3 Å². The van der Waals surface area contributed by atoms with Crippen LogP contribution in [0.4, 0.5) is 0 Å². The summed E-state index contributed by atoms with van der Waals surface area (Å²) in [4.78, 5) is 28.0. The predicted octanol–water partition coefficient (Wildman–Crippen LogP) is 3.73. The lowest BCUT2D eigenvalue weighted by atomic mass is 9.98. The van der Waals surface area contributed by atoms with Crippen molar-refractivity contribution in [2.24, 2.45) is 0 Å². The van der Waals surface area contributed by atoms with E-state index in [9.17, 15) is 14.7 Å². The Morgan fingerprint density at radius 1 is 1.18 bits per heavy atom. The highest BCUT2D eigenvalue weighted by Gasteiger charge is 2.42. The Morgan fingerprint density at radius 2 is 1.93 bits per heavy atom. The van der Waals surface area contributed by atoms with Gasteiger partial charge < -0.3 is 19.2 Å². The zero-order valence-electron chi connectivity index (χ0n) is 15.1. The van der Waals surface area contributed by atoms with E-state index in [1.54, 1.807) is 42.3 Å². The number of halogens is 1. The summed E-state index contributed by atoms with van der Waals surface area (Å²) >= 11 is 6.05. The van der Waals surface area contributed by atoms with Gasteiger partial charge in [-0.1, -0.05) is 23.7 Å². The quantitative estimate of drug-likeness (QED) is 0.661. The van der Waals surface area contributed by atoms with Crippen LogP contribution >= 0.6 is 11.6 Å². The smallest absolute Gasteiger partial charge is 0.290 e. The van der Waals surface area contributed by atoms with Gasteiger partial charge in [-0.15, -0.1) is 0 Å². The molecule has 7 heteroatoms. The highest BCUT2D eigenvalue weighted by molar-refractivity contribution is 6.31. The molecule has 1 aromatic heterocycles. The fraction of sp³-hybridized carbons (Fsp3) is 0.238. The summed E-state index contributed by atoms with van der Waals surface area (Å²) in [7, 11) is 1.60. The molecule has 28 heavy (non-hydrogen) atoms. The minimum absolute atomic E-state index is 0.0512. The average Bonchev–Trinajstić information content (AvgIpc) is 2.96. The summed E-state index contributed by atoms with van der Waals surface area (Å²) in [6.45, 7) is 0.889. The van der Waals surface area contributed by atoms with Crippen LogP contribution < -0.4 is 5.43 Å². The van der Waals surface area contributed by atoms with Crippen LogP contribution in [0.5, 0.6) is 5.75 Å². The third-order valence-corrected chi connectivity index (χ3v) is 5.12. The number of carbonyl (C=O) groups excluding carboxylic acids is 1. The topological polar surface area (TPSA) is 80.0 Å². The van der Waals surface area contributed by atoms with Crippen molar-refractivity contribution in [1.29, 1.82) is 0 Å². The van der Waals surface area contributed by atoms with E-state index in [0.717, 1.165) is 5.56 Å². The molecule has 1 unspecified atom stereocenters. The molecule has 0 fully saturated rings. The molecule has 0 spiro atoms. The Bertz CT molecular complexity index is 1110. The second-order valence-electron chi connectivity index (χ2n) is 6.65. The van der Waals surface area contributed by atoms with E-state index in [0.29, 0.717) is 41.1 Å². The maximum Gasteiger partial charge on any atom is 0.290 e. The van der Waals surface area contributed by atoms with Gasteiger partial charge in [0.25, 0.3) is 5.91 Å². The van der Waals surface area contributed by atoms with Crippen molar-refractivity contribution in [3.8, 4) is 5.75 Å². The van der Waals surface area contributed by atoms with Crippen LogP contribution in [-0.4, -0.2) is 36.2 Å². The minimum Gasteiger partial charge on any atom is -0.508 e. The lowest BCUT2D eigenvalue weighted by molar-refractivity contribution is 0.0708. The second-order valence-corrected chi connectivity index (χ2v) is 7.09. The summed E-state index contributed by atoms with van der Waals surface area (Å²) in [6, 6.07) is 10.6. The number of aromatic hydroxyl groups is 1. The largest absolute Gasteiger partial charge is 0.508 e. The summed E-state index contributed by atoms with van der Waals surface area (Å²) in [5.41, 5.74) is 1.06. The highest BCUT2D eigenvalue weighted by atomic mass is 35.5. The lowest BCUT2D eigenvalue weighted by Gasteiger charge is -2.25. The van der Waals surface area contributed by atoms with Crippen molar-refractivity contribution in [2.75, 3.05) is 20.3 Å². The van der Waals surface area contributed by atoms with Gasteiger partial charge in [-0.3, -0.25) is 9.59 Å². The first kappa shape index (κ1) is 18.5. The highest BCUT2D eigenvalue weighted by Crippen LogP contribution is 2.38. The molecule has 1 aliphatic rings. The molecule has 2 aromatic carbocycles. The number of phenolic OH excluding ortho intramolecular Hbond substituents is 1. The number of nitrogens with zero attached hydrogens (tertiary/aromatic N) is 1. The Hall–Kier alpha value is -2.83. The third-order valence-electron chi connectivity index (χ3n) is 4.88. The molecule has 0 bridgehead atoms. The van der Waals surface area contributed by atoms with E-state index >= 15 is 0 Å². The molecule has 1 atom stereocenters. The van der Waals surface area contributed by atoms with E-state index in [1.165, 1.54) is 12.1 Å². The van der Waals surface area contributed by atoms with Gasteiger partial charge in [-0.25, -0.2) is 0 Å². The number of benzene rings is 2. The number of methoxy groups -OCH3 is 1. The minimum atomic E-state index is -0.598. The molecule has 0 saturated carbocycles. The standard InChI is InChI=1S/C21H18ClNO5/c1-27-10-2-9-23-18(12-3-6-14(24)7-4-12)17-19(25)15-11-13(22)5-8-16(15)28-20(17)21(23)26/h3-8,11,18,24H,2,9-10H2,1H3. The number of carbonyl (C=O) groups is 1. The first-order valence-electron chi connectivity index (χ1n) is 8.86. The number of amides is 1. The van der Waals surface area contributed by atoms with Crippen LogP contribution in [0.25, 0.3) is 11.0 Å². The zero-order chi connectivity index (χ0) is 19.8. The number of rotatable bonds is 5. The van der Waals surface area contributed by atoms with Crippen molar-refractivity contribution in [2.45, 2.75) is 12.5 Å². The fourth-order valence-corrected chi connectivity index (χ4v) is 3.78. The van der Waals surface area contributed by atoms with Crippen molar-refractivity contribution >= 4 is 28.5 Å². The van der Waals surface area contributed by atoms with Crippen LogP contribution in [0.1, 0.15) is 34.1 Å². The van der Waals surface area contributed by atoms with E-state index in [1.807, 2.05) is 0 Å². The van der Waals surface area contributed by atoms with Crippen LogP contribution in [0.2, 0.25) is 5.02 Å². The van der Waals surface area contributed by atoms with Crippen LogP contribution in [-0.2, 0) is 4.74 Å². The van der Waals surface area contributed by atoms with Crippen LogP contribution in [0.3, 0.4) is 0 Å². The molecule has 1 aliphatic heterocycles. The van der Waals surface area contributed by atoms with E-state index in [2.05, 4.69) is 0 Å². The van der Waals surface area contributed by atoms with Crippen LogP contribution in [0, 0.1) is 0 Å². The van der Waals surface area contributed by atoms with E-state index < -0.39 is 6.04 Å².